The molecule has 2 unspecified atom stereocenters. The number of nitrogens with one attached hydrogen (secondary N) is 1. The van der Waals surface area contributed by atoms with Gasteiger partial charge in [-0.1, -0.05) is 0 Å². The summed E-state index contributed by atoms with van der Waals surface area (Å²) in [4.78, 5) is 0. The molecule has 1 aromatic rings. The van der Waals surface area contributed by atoms with Crippen LogP contribution in [-0.2, 0) is 6.18 Å². The van der Waals surface area contributed by atoms with E-state index in [0.29, 0.717) is 0 Å². The van der Waals surface area contributed by atoms with Crippen molar-refractivity contribution >= 4 is 5.69 Å². The van der Waals surface area contributed by atoms with Gasteiger partial charge in [-0.25, -0.2) is 0 Å². The number of aliphatic hydroxyl groups is 1. The van der Waals surface area contributed by atoms with E-state index in [2.05, 4.69) is 5.32 Å². The Morgan fingerprint density at radius 2 is 1.94 bits per heavy atom. The maximum Gasteiger partial charge on any atom is 0.416 e. The van der Waals surface area contributed by atoms with Gasteiger partial charge in [0.25, 0.3) is 0 Å². The molecule has 0 aromatic heterocycles. The van der Waals surface area contributed by atoms with Crippen LogP contribution in [0.15, 0.2) is 18.2 Å². The summed E-state index contributed by atoms with van der Waals surface area (Å²) in [7, 11) is 0. The minimum Gasteiger partial charge on any atom is -0.391 e. The van der Waals surface area contributed by atoms with E-state index in [1.165, 1.54) is 6.07 Å². The van der Waals surface area contributed by atoms with Crippen LogP contribution < -0.4 is 5.32 Å². The van der Waals surface area contributed by atoms with Crippen molar-refractivity contribution in [1.29, 1.82) is 5.26 Å². The van der Waals surface area contributed by atoms with Crippen LogP contribution in [0.4, 0.5) is 18.9 Å². The topological polar surface area (TPSA) is 56.0 Å². The number of anilines is 1. The molecule has 0 fully saturated rings. The zero-order valence-corrected chi connectivity index (χ0v) is 9.92. The first-order chi connectivity index (χ1) is 8.25. The number of hydrogen-bond donors (Lipinski definition) is 2. The molecule has 0 radical (unpaired) electrons. The summed E-state index contributed by atoms with van der Waals surface area (Å²) in [6.07, 6.45) is -5.15. The van der Waals surface area contributed by atoms with E-state index in [1.54, 1.807) is 19.9 Å². The fraction of sp³-hybridized carbons (Fsp3) is 0.417. The molecule has 0 aliphatic rings. The third-order valence-electron chi connectivity index (χ3n) is 2.57. The van der Waals surface area contributed by atoms with Crippen molar-refractivity contribution in [3.05, 3.63) is 29.3 Å². The molecule has 98 valence electrons. The number of nitrogens with zero attached hydrogens (tertiary/aromatic N) is 1. The summed E-state index contributed by atoms with van der Waals surface area (Å²) in [6.45, 7) is 3.22. The summed E-state index contributed by atoms with van der Waals surface area (Å²) in [5.41, 5.74) is -0.689. The van der Waals surface area contributed by atoms with Crippen molar-refractivity contribution in [3.8, 4) is 6.07 Å². The van der Waals surface area contributed by atoms with Gasteiger partial charge >= 0.3 is 6.18 Å². The SMILES string of the molecule is CC(O)C(C)Nc1ccc(C(F)(F)F)cc1C#N. The molecule has 18 heavy (non-hydrogen) atoms. The van der Waals surface area contributed by atoms with Crippen LogP contribution in [0.2, 0.25) is 0 Å². The van der Waals surface area contributed by atoms with Gasteiger partial charge in [0.1, 0.15) is 6.07 Å². The normalized spacial score (nSPS) is 14.7. The molecule has 0 amide bonds. The summed E-state index contributed by atoms with van der Waals surface area (Å²) in [5.74, 6) is 0. The van der Waals surface area contributed by atoms with E-state index in [4.69, 9.17) is 5.26 Å². The lowest BCUT2D eigenvalue weighted by Gasteiger charge is -2.19. The Morgan fingerprint density at radius 1 is 1.33 bits per heavy atom. The van der Waals surface area contributed by atoms with E-state index < -0.39 is 17.8 Å². The highest BCUT2D eigenvalue weighted by molar-refractivity contribution is 5.59. The fourth-order valence-corrected chi connectivity index (χ4v) is 1.30. The quantitative estimate of drug-likeness (QED) is 0.876. The number of hydrogen-bond acceptors (Lipinski definition) is 3. The van der Waals surface area contributed by atoms with Gasteiger partial charge in [-0.3, -0.25) is 0 Å². The largest absolute Gasteiger partial charge is 0.416 e. The van der Waals surface area contributed by atoms with E-state index >= 15 is 0 Å². The molecule has 0 aliphatic heterocycles. The summed E-state index contributed by atoms with van der Waals surface area (Å²) < 4.78 is 37.4. The lowest BCUT2D eigenvalue weighted by atomic mass is 10.1. The molecule has 2 N–H and O–H groups in total. The molecule has 2 atom stereocenters. The Balaban J connectivity index is 3.06. The first-order valence-corrected chi connectivity index (χ1v) is 5.31. The summed E-state index contributed by atoms with van der Waals surface area (Å²) >= 11 is 0. The van der Waals surface area contributed by atoms with Crippen molar-refractivity contribution in [2.45, 2.75) is 32.2 Å². The van der Waals surface area contributed by atoms with Crippen molar-refractivity contribution in [2.24, 2.45) is 0 Å². The lowest BCUT2D eigenvalue weighted by molar-refractivity contribution is -0.137. The van der Waals surface area contributed by atoms with Crippen LogP contribution in [0.1, 0.15) is 25.0 Å². The first kappa shape index (κ1) is 14.3. The predicted octanol–water partition coefficient (Wildman–Crippen LogP) is 2.76. The van der Waals surface area contributed by atoms with E-state index in [0.717, 1.165) is 12.1 Å². The van der Waals surface area contributed by atoms with Crippen LogP contribution in [0.25, 0.3) is 0 Å². The average molecular weight is 258 g/mol. The standard InChI is InChI=1S/C12H13F3N2O/c1-7(8(2)18)17-11-4-3-10(12(13,14)15)5-9(11)6-16/h3-5,7-8,17-18H,1-2H3. The van der Waals surface area contributed by atoms with E-state index in [1.807, 2.05) is 0 Å². The Morgan fingerprint density at radius 3 is 2.39 bits per heavy atom. The molecule has 0 spiro atoms. The molecular formula is C12H13F3N2O. The molecule has 0 saturated heterocycles. The van der Waals surface area contributed by atoms with Crippen LogP contribution in [0, 0.1) is 11.3 Å². The highest BCUT2D eigenvalue weighted by Crippen LogP contribution is 2.31. The van der Waals surface area contributed by atoms with Crippen molar-refractivity contribution in [1.82, 2.24) is 0 Å². The highest BCUT2D eigenvalue weighted by Gasteiger charge is 2.31. The molecular weight excluding hydrogens is 245 g/mol. The number of nitriles is 1. The molecule has 0 bridgehead atoms. The number of halogens is 3. The number of alkyl halides is 3. The molecule has 0 heterocycles. The Hall–Kier alpha value is -1.74. The van der Waals surface area contributed by atoms with Crippen LogP contribution in [-0.4, -0.2) is 17.3 Å². The third-order valence-corrected chi connectivity index (χ3v) is 2.57. The highest BCUT2D eigenvalue weighted by atomic mass is 19.4. The Labute approximate surface area is 103 Å². The predicted molar refractivity (Wildman–Crippen MR) is 60.9 cm³/mol. The maximum atomic E-state index is 12.5. The number of benzene rings is 1. The van der Waals surface area contributed by atoms with Gasteiger partial charge in [-0.15, -0.1) is 0 Å². The van der Waals surface area contributed by atoms with Gasteiger partial charge in [0, 0.05) is 6.04 Å². The molecule has 3 nitrogen and oxygen atoms in total. The second kappa shape index (κ2) is 5.27. The zero-order valence-electron chi connectivity index (χ0n) is 9.92. The lowest BCUT2D eigenvalue weighted by Crippen LogP contribution is -2.28. The molecule has 1 aromatic carbocycles. The summed E-state index contributed by atoms with van der Waals surface area (Å²) in [6, 6.07) is 4.23. The summed E-state index contributed by atoms with van der Waals surface area (Å²) in [5, 5.41) is 20.9. The average Bonchev–Trinajstić information content (AvgIpc) is 2.27. The minimum absolute atomic E-state index is 0.0997. The van der Waals surface area contributed by atoms with Crippen molar-refractivity contribution < 1.29 is 18.3 Å². The monoisotopic (exact) mass is 258 g/mol. The molecule has 1 rings (SSSR count). The van der Waals surface area contributed by atoms with E-state index in [-0.39, 0.29) is 17.3 Å². The number of aliphatic hydroxyl groups excluding tert-OH is 1. The van der Waals surface area contributed by atoms with Gasteiger partial charge in [0.15, 0.2) is 0 Å². The maximum absolute atomic E-state index is 12.5. The second-order valence-corrected chi connectivity index (χ2v) is 4.04. The first-order valence-electron chi connectivity index (χ1n) is 5.31. The molecule has 0 saturated carbocycles. The Bertz CT molecular complexity index is 463. The van der Waals surface area contributed by atoms with E-state index in [9.17, 15) is 18.3 Å². The van der Waals surface area contributed by atoms with Gasteiger partial charge < -0.3 is 10.4 Å². The van der Waals surface area contributed by atoms with Gasteiger partial charge in [-0.2, -0.15) is 18.4 Å². The molecule has 0 aliphatic carbocycles. The van der Waals surface area contributed by atoms with Gasteiger partial charge in [-0.05, 0) is 32.0 Å². The van der Waals surface area contributed by atoms with Crippen molar-refractivity contribution in [3.63, 3.8) is 0 Å². The van der Waals surface area contributed by atoms with Gasteiger partial charge in [0.05, 0.1) is 22.9 Å². The van der Waals surface area contributed by atoms with Crippen molar-refractivity contribution in [2.75, 3.05) is 5.32 Å². The Kier molecular flexibility index (Phi) is 4.19. The van der Waals surface area contributed by atoms with Crippen LogP contribution in [0.5, 0.6) is 0 Å². The third kappa shape index (κ3) is 3.37. The fourth-order valence-electron chi connectivity index (χ4n) is 1.30. The molecule has 6 heteroatoms. The van der Waals surface area contributed by atoms with Gasteiger partial charge in [0.2, 0.25) is 0 Å². The zero-order chi connectivity index (χ0) is 13.9. The minimum atomic E-state index is -4.47. The van der Waals surface area contributed by atoms with Crippen LogP contribution in [0.3, 0.4) is 0 Å². The number of rotatable bonds is 3. The smallest absolute Gasteiger partial charge is 0.391 e. The van der Waals surface area contributed by atoms with Crippen LogP contribution >= 0.6 is 0 Å². The second-order valence-electron chi connectivity index (χ2n) is 4.04.